The summed E-state index contributed by atoms with van der Waals surface area (Å²) in [7, 11) is 0. The van der Waals surface area contributed by atoms with Crippen molar-refractivity contribution in [2.45, 2.75) is 25.5 Å². The number of rotatable bonds is 6. The summed E-state index contributed by atoms with van der Waals surface area (Å²) in [6.07, 6.45) is 5.19. The average Bonchev–Trinajstić information content (AvgIpc) is 3.13. The average molecular weight is 274 g/mol. The molecule has 20 heavy (non-hydrogen) atoms. The molecule has 1 fully saturated rings. The van der Waals surface area contributed by atoms with Crippen LogP contribution in [0.3, 0.4) is 0 Å². The maximum absolute atomic E-state index is 5.78. The van der Waals surface area contributed by atoms with Crippen LogP contribution < -0.4 is 0 Å². The minimum absolute atomic E-state index is 0.00670. The molecule has 1 saturated heterocycles. The second-order valence-electron chi connectivity index (χ2n) is 4.78. The van der Waals surface area contributed by atoms with Crippen molar-refractivity contribution in [3.63, 3.8) is 0 Å². The van der Waals surface area contributed by atoms with Gasteiger partial charge >= 0.3 is 0 Å². The van der Waals surface area contributed by atoms with Crippen molar-refractivity contribution < 1.29 is 14.2 Å². The standard InChI is InChI=1S/C15H18N2O3/c1-2-4-13(5-3-1)9-18-10-14-11-19-15(20-14)8-17-7-6-16-12-17/h1-7,12,14-15H,8-11H2. The molecule has 0 spiro atoms. The zero-order valence-electron chi connectivity index (χ0n) is 11.2. The van der Waals surface area contributed by atoms with Gasteiger partial charge in [0.1, 0.15) is 6.10 Å². The number of hydrogen-bond donors (Lipinski definition) is 0. The number of benzene rings is 1. The summed E-state index contributed by atoms with van der Waals surface area (Å²) in [4.78, 5) is 3.99. The Balaban J connectivity index is 1.37. The van der Waals surface area contributed by atoms with Crippen molar-refractivity contribution in [2.75, 3.05) is 13.2 Å². The molecule has 0 N–H and O–H groups in total. The molecule has 0 radical (unpaired) electrons. The number of ether oxygens (including phenoxy) is 3. The van der Waals surface area contributed by atoms with E-state index in [1.54, 1.807) is 12.5 Å². The number of nitrogens with zero attached hydrogens (tertiary/aromatic N) is 2. The first-order valence-electron chi connectivity index (χ1n) is 6.74. The van der Waals surface area contributed by atoms with Crippen molar-refractivity contribution in [3.05, 3.63) is 54.6 Å². The molecule has 2 heterocycles. The molecule has 106 valence electrons. The lowest BCUT2D eigenvalue weighted by Crippen LogP contribution is -2.21. The second kappa shape index (κ2) is 6.65. The summed E-state index contributed by atoms with van der Waals surface area (Å²) in [6, 6.07) is 10.1. The summed E-state index contributed by atoms with van der Waals surface area (Å²) in [5.74, 6) is 0. The van der Waals surface area contributed by atoms with E-state index in [0.29, 0.717) is 26.4 Å². The van der Waals surface area contributed by atoms with Gasteiger partial charge in [0, 0.05) is 12.4 Å². The highest BCUT2D eigenvalue weighted by atomic mass is 16.7. The molecule has 1 aromatic carbocycles. The lowest BCUT2D eigenvalue weighted by Gasteiger charge is -2.12. The monoisotopic (exact) mass is 274 g/mol. The van der Waals surface area contributed by atoms with Crippen molar-refractivity contribution in [1.82, 2.24) is 9.55 Å². The van der Waals surface area contributed by atoms with Gasteiger partial charge in [-0.1, -0.05) is 30.3 Å². The Morgan fingerprint density at radius 2 is 2.20 bits per heavy atom. The van der Waals surface area contributed by atoms with E-state index in [0.717, 1.165) is 0 Å². The third-order valence-corrected chi connectivity index (χ3v) is 3.15. The summed E-state index contributed by atoms with van der Waals surface area (Å²) in [5.41, 5.74) is 1.17. The van der Waals surface area contributed by atoms with E-state index < -0.39 is 0 Å². The van der Waals surface area contributed by atoms with Gasteiger partial charge in [-0.2, -0.15) is 0 Å². The van der Waals surface area contributed by atoms with E-state index in [-0.39, 0.29) is 12.4 Å². The molecule has 3 rings (SSSR count). The molecule has 2 atom stereocenters. The number of hydrogen-bond acceptors (Lipinski definition) is 4. The topological polar surface area (TPSA) is 45.5 Å². The Morgan fingerprint density at radius 1 is 1.30 bits per heavy atom. The Kier molecular flexibility index (Phi) is 4.42. The van der Waals surface area contributed by atoms with Crippen LogP contribution in [0.2, 0.25) is 0 Å². The van der Waals surface area contributed by atoms with Crippen LogP contribution in [0.25, 0.3) is 0 Å². The quantitative estimate of drug-likeness (QED) is 0.806. The molecule has 1 aliphatic rings. The van der Waals surface area contributed by atoms with Crippen LogP contribution in [0.5, 0.6) is 0 Å². The van der Waals surface area contributed by atoms with Crippen LogP contribution >= 0.6 is 0 Å². The van der Waals surface area contributed by atoms with E-state index in [9.17, 15) is 0 Å². The molecular formula is C15H18N2O3. The first-order valence-corrected chi connectivity index (χ1v) is 6.74. The Hall–Kier alpha value is -1.69. The molecule has 0 aliphatic carbocycles. The lowest BCUT2D eigenvalue weighted by atomic mass is 10.2. The number of aromatic nitrogens is 2. The lowest BCUT2D eigenvalue weighted by molar-refractivity contribution is -0.0808. The van der Waals surface area contributed by atoms with Gasteiger partial charge < -0.3 is 18.8 Å². The molecule has 2 aromatic rings. The van der Waals surface area contributed by atoms with Crippen molar-refractivity contribution >= 4 is 0 Å². The van der Waals surface area contributed by atoms with Crippen LogP contribution in [0.15, 0.2) is 49.1 Å². The zero-order chi connectivity index (χ0) is 13.6. The number of imidazole rings is 1. The zero-order valence-corrected chi connectivity index (χ0v) is 11.2. The highest BCUT2D eigenvalue weighted by Gasteiger charge is 2.26. The van der Waals surface area contributed by atoms with E-state index in [2.05, 4.69) is 4.98 Å². The van der Waals surface area contributed by atoms with Gasteiger partial charge in [-0.25, -0.2) is 4.98 Å². The first kappa shape index (κ1) is 13.3. The van der Waals surface area contributed by atoms with E-state index in [1.807, 2.05) is 41.1 Å². The Labute approximate surface area is 118 Å². The van der Waals surface area contributed by atoms with Crippen LogP contribution in [0.1, 0.15) is 5.56 Å². The minimum atomic E-state index is -0.213. The summed E-state index contributed by atoms with van der Waals surface area (Å²) >= 11 is 0. The summed E-state index contributed by atoms with van der Waals surface area (Å²) in [6.45, 7) is 2.39. The van der Waals surface area contributed by atoms with Crippen molar-refractivity contribution in [2.24, 2.45) is 0 Å². The largest absolute Gasteiger partial charge is 0.374 e. The van der Waals surface area contributed by atoms with E-state index >= 15 is 0 Å². The van der Waals surface area contributed by atoms with Crippen LogP contribution in [-0.2, 0) is 27.4 Å². The molecule has 5 heteroatoms. The van der Waals surface area contributed by atoms with Crippen LogP contribution in [0, 0.1) is 0 Å². The van der Waals surface area contributed by atoms with Crippen molar-refractivity contribution in [3.8, 4) is 0 Å². The first-order chi connectivity index (χ1) is 9.90. The van der Waals surface area contributed by atoms with Gasteiger partial charge in [-0.3, -0.25) is 0 Å². The third kappa shape index (κ3) is 3.66. The predicted molar refractivity (Wildman–Crippen MR) is 72.9 cm³/mol. The van der Waals surface area contributed by atoms with Gasteiger partial charge in [-0.05, 0) is 5.56 Å². The van der Waals surface area contributed by atoms with Gasteiger partial charge in [0.25, 0.3) is 0 Å². The van der Waals surface area contributed by atoms with E-state index in [4.69, 9.17) is 14.2 Å². The Morgan fingerprint density at radius 3 is 3.00 bits per heavy atom. The minimum Gasteiger partial charge on any atom is -0.374 e. The fourth-order valence-corrected chi connectivity index (χ4v) is 2.14. The fourth-order valence-electron chi connectivity index (χ4n) is 2.14. The molecular weight excluding hydrogens is 256 g/mol. The highest BCUT2D eigenvalue weighted by molar-refractivity contribution is 5.13. The highest BCUT2D eigenvalue weighted by Crippen LogP contribution is 2.14. The van der Waals surface area contributed by atoms with Crippen LogP contribution in [-0.4, -0.2) is 35.2 Å². The molecule has 5 nitrogen and oxygen atoms in total. The van der Waals surface area contributed by atoms with Gasteiger partial charge in [0.2, 0.25) is 0 Å². The molecule has 0 saturated carbocycles. The van der Waals surface area contributed by atoms with Gasteiger partial charge in [0.15, 0.2) is 6.29 Å². The normalized spacial score (nSPS) is 22.2. The van der Waals surface area contributed by atoms with Gasteiger partial charge in [0.05, 0.1) is 32.7 Å². The van der Waals surface area contributed by atoms with Gasteiger partial charge in [-0.15, -0.1) is 0 Å². The summed E-state index contributed by atoms with van der Waals surface area (Å²) < 4.78 is 19.0. The Bertz CT molecular complexity index is 501. The molecule has 0 bridgehead atoms. The van der Waals surface area contributed by atoms with E-state index in [1.165, 1.54) is 5.56 Å². The molecule has 1 aromatic heterocycles. The van der Waals surface area contributed by atoms with Crippen molar-refractivity contribution in [1.29, 1.82) is 0 Å². The SMILES string of the molecule is c1ccc(COCC2COC(Cn3ccnc3)O2)cc1. The second-order valence-corrected chi connectivity index (χ2v) is 4.78. The molecule has 2 unspecified atom stereocenters. The smallest absolute Gasteiger partial charge is 0.176 e. The maximum atomic E-state index is 5.78. The maximum Gasteiger partial charge on any atom is 0.176 e. The summed E-state index contributed by atoms with van der Waals surface area (Å²) in [5, 5.41) is 0. The third-order valence-electron chi connectivity index (χ3n) is 3.15. The fraction of sp³-hybridized carbons (Fsp3) is 0.400. The molecule has 0 amide bonds. The predicted octanol–water partition coefficient (Wildman–Crippen LogP) is 1.84. The van der Waals surface area contributed by atoms with Crippen LogP contribution in [0.4, 0.5) is 0 Å². The molecule has 1 aliphatic heterocycles.